The Labute approximate surface area is 146 Å². The first-order valence-corrected chi connectivity index (χ1v) is 8.96. The van der Waals surface area contributed by atoms with Gasteiger partial charge in [0, 0.05) is 25.0 Å². The third-order valence-electron chi connectivity index (χ3n) is 4.63. The van der Waals surface area contributed by atoms with Gasteiger partial charge in [0.15, 0.2) is 0 Å². The third-order valence-corrected chi connectivity index (χ3v) is 4.63. The fraction of sp³-hybridized carbons (Fsp3) is 0.650. The lowest BCUT2D eigenvalue weighted by molar-refractivity contribution is -0.136. The molecule has 0 saturated heterocycles. The van der Waals surface area contributed by atoms with Gasteiger partial charge in [0.1, 0.15) is 5.75 Å². The number of ether oxygens (including phenoxy) is 1. The molecule has 0 bridgehead atoms. The highest BCUT2D eigenvalue weighted by atomic mass is 16.5. The fourth-order valence-electron chi connectivity index (χ4n) is 3.39. The van der Waals surface area contributed by atoms with Crippen molar-refractivity contribution < 1.29 is 9.53 Å². The molecular weight excluding hydrogens is 300 g/mol. The lowest BCUT2D eigenvalue weighted by Gasteiger charge is -2.32. The number of carbonyl (C=O) groups excluding carboxylic acids is 1. The van der Waals surface area contributed by atoms with Gasteiger partial charge in [-0.15, -0.1) is 0 Å². The summed E-state index contributed by atoms with van der Waals surface area (Å²) in [4.78, 5) is 15.0. The molecule has 2 N–H and O–H groups in total. The summed E-state index contributed by atoms with van der Waals surface area (Å²) in [6, 6.07) is 8.29. The van der Waals surface area contributed by atoms with Crippen LogP contribution in [-0.4, -0.2) is 37.0 Å². The van der Waals surface area contributed by atoms with Crippen LogP contribution in [-0.2, 0) is 11.2 Å². The zero-order valence-corrected chi connectivity index (χ0v) is 15.5. The molecule has 4 heteroatoms. The topological polar surface area (TPSA) is 55.6 Å². The van der Waals surface area contributed by atoms with Crippen LogP contribution in [0.3, 0.4) is 0 Å². The second-order valence-corrected chi connectivity index (χ2v) is 8.19. The summed E-state index contributed by atoms with van der Waals surface area (Å²) in [5.41, 5.74) is 7.32. The molecule has 0 spiro atoms. The smallest absolute Gasteiger partial charge is 0.225 e. The van der Waals surface area contributed by atoms with E-state index in [0.29, 0.717) is 0 Å². The Morgan fingerprint density at radius 1 is 1.25 bits per heavy atom. The molecule has 0 aromatic heterocycles. The van der Waals surface area contributed by atoms with Crippen LogP contribution in [0.5, 0.6) is 5.75 Å². The first kappa shape index (κ1) is 18.8. The Hall–Kier alpha value is -1.55. The molecule has 1 aromatic rings. The van der Waals surface area contributed by atoms with Gasteiger partial charge in [-0.2, -0.15) is 0 Å². The maximum absolute atomic E-state index is 12.9. The van der Waals surface area contributed by atoms with Gasteiger partial charge in [0.2, 0.25) is 5.91 Å². The minimum atomic E-state index is 0.0935. The van der Waals surface area contributed by atoms with E-state index in [1.807, 2.05) is 17.0 Å². The van der Waals surface area contributed by atoms with Crippen LogP contribution in [0.2, 0.25) is 0 Å². The molecule has 2 rings (SSSR count). The van der Waals surface area contributed by atoms with Crippen molar-refractivity contribution in [2.75, 3.05) is 20.2 Å². The van der Waals surface area contributed by atoms with Gasteiger partial charge in [0.25, 0.3) is 0 Å². The van der Waals surface area contributed by atoms with Crippen LogP contribution in [0.1, 0.15) is 45.6 Å². The number of nitrogens with two attached hydrogens (primary N) is 1. The predicted molar refractivity (Wildman–Crippen MR) is 98.0 cm³/mol. The molecule has 1 fully saturated rings. The highest BCUT2D eigenvalue weighted by Gasteiger charge is 2.32. The SMILES string of the molecule is COc1ccc(CCN(CC(C)(C)C)C(=O)C2CCC(N)C2)cc1. The lowest BCUT2D eigenvalue weighted by Crippen LogP contribution is -2.42. The molecule has 0 aliphatic heterocycles. The first-order valence-electron chi connectivity index (χ1n) is 8.96. The molecule has 1 amide bonds. The monoisotopic (exact) mass is 332 g/mol. The van der Waals surface area contributed by atoms with Crippen molar-refractivity contribution in [2.45, 2.75) is 52.5 Å². The largest absolute Gasteiger partial charge is 0.497 e. The average Bonchev–Trinajstić information content (AvgIpc) is 2.96. The molecule has 134 valence electrons. The Morgan fingerprint density at radius 2 is 1.92 bits per heavy atom. The quantitative estimate of drug-likeness (QED) is 0.870. The average molecular weight is 332 g/mol. The number of hydrogen-bond acceptors (Lipinski definition) is 3. The number of carbonyl (C=O) groups is 1. The van der Waals surface area contributed by atoms with Crippen LogP contribution in [0.4, 0.5) is 0 Å². The number of benzene rings is 1. The molecule has 1 aliphatic carbocycles. The number of rotatable bonds is 6. The first-order chi connectivity index (χ1) is 11.3. The Kier molecular flexibility index (Phi) is 6.27. The van der Waals surface area contributed by atoms with Crippen molar-refractivity contribution in [1.82, 2.24) is 4.90 Å². The fourth-order valence-corrected chi connectivity index (χ4v) is 3.39. The van der Waals surface area contributed by atoms with Crippen molar-refractivity contribution in [2.24, 2.45) is 17.1 Å². The van der Waals surface area contributed by atoms with Crippen molar-refractivity contribution in [3.05, 3.63) is 29.8 Å². The third kappa shape index (κ3) is 5.52. The van der Waals surface area contributed by atoms with Gasteiger partial charge in [-0.1, -0.05) is 32.9 Å². The van der Waals surface area contributed by atoms with E-state index in [9.17, 15) is 4.79 Å². The molecule has 24 heavy (non-hydrogen) atoms. The van der Waals surface area contributed by atoms with Crippen LogP contribution >= 0.6 is 0 Å². The van der Waals surface area contributed by atoms with Gasteiger partial charge in [-0.05, 0) is 48.8 Å². The molecule has 0 radical (unpaired) electrons. The maximum Gasteiger partial charge on any atom is 0.225 e. The summed E-state index contributed by atoms with van der Waals surface area (Å²) in [6.45, 7) is 8.09. The summed E-state index contributed by atoms with van der Waals surface area (Å²) in [5.74, 6) is 1.26. The van der Waals surface area contributed by atoms with Gasteiger partial charge < -0.3 is 15.4 Å². The van der Waals surface area contributed by atoms with Gasteiger partial charge in [0.05, 0.1) is 7.11 Å². The minimum Gasteiger partial charge on any atom is -0.497 e. The van der Waals surface area contributed by atoms with E-state index >= 15 is 0 Å². The van der Waals surface area contributed by atoms with E-state index in [1.54, 1.807) is 7.11 Å². The predicted octanol–water partition coefficient (Wildman–Crippen LogP) is 3.24. The molecule has 1 aromatic carbocycles. The van der Waals surface area contributed by atoms with E-state index in [1.165, 1.54) is 5.56 Å². The highest BCUT2D eigenvalue weighted by Crippen LogP contribution is 2.27. The number of hydrogen-bond donors (Lipinski definition) is 1. The van der Waals surface area contributed by atoms with Crippen molar-refractivity contribution in [3.63, 3.8) is 0 Å². The molecule has 1 saturated carbocycles. The van der Waals surface area contributed by atoms with E-state index in [4.69, 9.17) is 10.5 Å². The molecule has 1 aliphatic rings. The van der Waals surface area contributed by atoms with Crippen LogP contribution < -0.4 is 10.5 Å². The number of amides is 1. The molecule has 2 unspecified atom stereocenters. The Morgan fingerprint density at radius 3 is 2.42 bits per heavy atom. The number of nitrogens with zero attached hydrogens (tertiary/aromatic N) is 1. The Balaban J connectivity index is 2.00. The zero-order chi connectivity index (χ0) is 17.7. The highest BCUT2D eigenvalue weighted by molar-refractivity contribution is 5.79. The van der Waals surface area contributed by atoms with Crippen LogP contribution in [0.15, 0.2) is 24.3 Å². The summed E-state index contributed by atoms with van der Waals surface area (Å²) in [6.07, 6.45) is 3.61. The number of methoxy groups -OCH3 is 1. The van der Waals surface area contributed by atoms with E-state index in [-0.39, 0.29) is 23.3 Å². The van der Waals surface area contributed by atoms with Crippen molar-refractivity contribution >= 4 is 5.91 Å². The van der Waals surface area contributed by atoms with Gasteiger partial charge >= 0.3 is 0 Å². The second kappa shape index (κ2) is 8.02. The summed E-state index contributed by atoms with van der Waals surface area (Å²) < 4.78 is 5.20. The molecule has 2 atom stereocenters. The zero-order valence-electron chi connectivity index (χ0n) is 15.5. The van der Waals surface area contributed by atoms with E-state index in [0.717, 1.165) is 44.5 Å². The van der Waals surface area contributed by atoms with Crippen molar-refractivity contribution in [1.29, 1.82) is 0 Å². The summed E-state index contributed by atoms with van der Waals surface area (Å²) in [5, 5.41) is 0. The second-order valence-electron chi connectivity index (χ2n) is 8.19. The van der Waals surface area contributed by atoms with E-state index in [2.05, 4.69) is 32.9 Å². The van der Waals surface area contributed by atoms with Crippen molar-refractivity contribution in [3.8, 4) is 5.75 Å². The Bertz CT molecular complexity index is 534. The normalized spacial score (nSPS) is 20.9. The van der Waals surface area contributed by atoms with Crippen LogP contribution in [0, 0.1) is 11.3 Å². The standard InChI is InChI=1S/C20H32N2O2/c1-20(2,3)14-22(19(23)16-7-8-17(21)13-16)12-11-15-5-9-18(24-4)10-6-15/h5-6,9-10,16-17H,7-8,11-14,21H2,1-4H3. The maximum atomic E-state index is 12.9. The van der Waals surface area contributed by atoms with Gasteiger partial charge in [-0.25, -0.2) is 0 Å². The molecular formula is C20H32N2O2. The van der Waals surface area contributed by atoms with Crippen LogP contribution in [0.25, 0.3) is 0 Å². The molecule has 4 nitrogen and oxygen atoms in total. The lowest BCUT2D eigenvalue weighted by atomic mass is 9.94. The summed E-state index contributed by atoms with van der Waals surface area (Å²) in [7, 11) is 1.67. The summed E-state index contributed by atoms with van der Waals surface area (Å²) >= 11 is 0. The van der Waals surface area contributed by atoms with Gasteiger partial charge in [-0.3, -0.25) is 4.79 Å². The minimum absolute atomic E-state index is 0.0935. The molecule has 0 heterocycles. The van der Waals surface area contributed by atoms with E-state index < -0.39 is 0 Å².